The summed E-state index contributed by atoms with van der Waals surface area (Å²) in [6.07, 6.45) is 0. The summed E-state index contributed by atoms with van der Waals surface area (Å²) < 4.78 is 2.06. The molecule has 0 saturated heterocycles. The lowest BCUT2D eigenvalue weighted by Crippen LogP contribution is -2.06. The Morgan fingerprint density at radius 1 is 1.33 bits per heavy atom. The summed E-state index contributed by atoms with van der Waals surface area (Å²) in [6, 6.07) is 9.99. The van der Waals surface area contributed by atoms with Crippen molar-refractivity contribution in [2.75, 3.05) is 5.32 Å². The van der Waals surface area contributed by atoms with E-state index in [0.717, 1.165) is 14.6 Å². The summed E-state index contributed by atoms with van der Waals surface area (Å²) in [4.78, 5) is 1.22. The van der Waals surface area contributed by atoms with Gasteiger partial charge in [0.15, 0.2) is 0 Å². The van der Waals surface area contributed by atoms with Gasteiger partial charge in [-0.25, -0.2) is 0 Å². The van der Waals surface area contributed by atoms with E-state index in [9.17, 15) is 0 Å². The number of hydrogen-bond acceptors (Lipinski definition) is 3. The smallest absolute Gasteiger partial charge is 0.101 e. The maximum absolute atomic E-state index is 9.10. The van der Waals surface area contributed by atoms with Crippen LogP contribution in [0.1, 0.15) is 23.4 Å². The molecule has 2 nitrogen and oxygen atoms in total. The molecule has 1 aromatic carbocycles. The van der Waals surface area contributed by atoms with E-state index in [1.165, 1.54) is 4.88 Å². The number of nitrogens with one attached hydrogen (secondary N) is 1. The quantitative estimate of drug-likeness (QED) is 0.776. The Bertz CT molecular complexity index is 601. The first kappa shape index (κ1) is 13.6. The van der Waals surface area contributed by atoms with Crippen LogP contribution >= 0.6 is 43.2 Å². The highest BCUT2D eigenvalue weighted by molar-refractivity contribution is 9.10. The lowest BCUT2D eigenvalue weighted by molar-refractivity contribution is 0.902. The molecule has 0 aliphatic carbocycles. The zero-order valence-electron chi connectivity index (χ0n) is 9.58. The fourth-order valence-electron chi connectivity index (χ4n) is 1.65. The van der Waals surface area contributed by atoms with E-state index >= 15 is 0 Å². The maximum Gasteiger partial charge on any atom is 0.101 e. The van der Waals surface area contributed by atoms with E-state index < -0.39 is 0 Å². The minimum atomic E-state index is 0.153. The Kier molecular flexibility index (Phi) is 4.44. The van der Waals surface area contributed by atoms with Gasteiger partial charge in [-0.2, -0.15) is 5.26 Å². The number of nitriles is 1. The number of anilines is 1. The molecule has 18 heavy (non-hydrogen) atoms. The number of rotatable bonds is 3. The van der Waals surface area contributed by atoms with Gasteiger partial charge in [0.2, 0.25) is 0 Å². The molecule has 92 valence electrons. The summed E-state index contributed by atoms with van der Waals surface area (Å²) in [5, 5.41) is 14.5. The molecule has 0 radical (unpaired) electrons. The molecule has 1 unspecified atom stereocenters. The van der Waals surface area contributed by atoms with Gasteiger partial charge in [0.1, 0.15) is 6.07 Å². The molecule has 0 spiro atoms. The first-order chi connectivity index (χ1) is 8.61. The first-order valence-corrected chi connectivity index (χ1v) is 7.77. The highest BCUT2D eigenvalue weighted by Gasteiger charge is 2.12. The van der Waals surface area contributed by atoms with Crippen LogP contribution in [0.15, 0.2) is 38.6 Å². The van der Waals surface area contributed by atoms with E-state index in [2.05, 4.69) is 50.2 Å². The first-order valence-electron chi connectivity index (χ1n) is 5.31. The average Bonchev–Trinajstić information content (AvgIpc) is 2.76. The average molecular weight is 386 g/mol. The van der Waals surface area contributed by atoms with E-state index in [-0.39, 0.29) is 6.04 Å². The van der Waals surface area contributed by atoms with Crippen LogP contribution in [0.3, 0.4) is 0 Å². The van der Waals surface area contributed by atoms with Crippen LogP contribution in [0.5, 0.6) is 0 Å². The zero-order valence-corrected chi connectivity index (χ0v) is 13.6. The third-order valence-corrected chi connectivity index (χ3v) is 5.06. The van der Waals surface area contributed by atoms with Gasteiger partial charge < -0.3 is 5.32 Å². The van der Waals surface area contributed by atoms with Crippen molar-refractivity contribution in [2.24, 2.45) is 0 Å². The highest BCUT2D eigenvalue weighted by atomic mass is 79.9. The number of thiophene rings is 1. The second-order valence-corrected chi connectivity index (χ2v) is 6.52. The van der Waals surface area contributed by atoms with Crippen molar-refractivity contribution in [3.63, 3.8) is 0 Å². The van der Waals surface area contributed by atoms with Crippen molar-refractivity contribution in [1.82, 2.24) is 0 Å². The molecule has 1 heterocycles. The Morgan fingerprint density at radius 3 is 2.72 bits per heavy atom. The summed E-state index contributed by atoms with van der Waals surface area (Å²) in [6.45, 7) is 2.08. The largest absolute Gasteiger partial charge is 0.377 e. The molecule has 2 aromatic rings. The molecule has 0 aliphatic rings. The molecular weight excluding hydrogens is 376 g/mol. The topological polar surface area (TPSA) is 35.8 Å². The van der Waals surface area contributed by atoms with Crippen LogP contribution in [-0.2, 0) is 0 Å². The Morgan fingerprint density at radius 2 is 2.11 bits per heavy atom. The summed E-state index contributed by atoms with van der Waals surface area (Å²) in [7, 11) is 0. The molecule has 0 aliphatic heterocycles. The Labute approximate surface area is 127 Å². The normalized spacial score (nSPS) is 11.9. The van der Waals surface area contributed by atoms with Gasteiger partial charge in [-0.1, -0.05) is 15.9 Å². The maximum atomic E-state index is 9.10. The highest BCUT2D eigenvalue weighted by Crippen LogP contribution is 2.32. The van der Waals surface area contributed by atoms with Crippen LogP contribution in [0, 0.1) is 11.3 Å². The number of benzene rings is 1. The molecule has 5 heteroatoms. The molecule has 0 bridgehead atoms. The lowest BCUT2D eigenvalue weighted by Gasteiger charge is -2.16. The number of nitrogens with zero attached hydrogens (tertiary/aromatic N) is 1. The third-order valence-electron chi connectivity index (χ3n) is 2.51. The minimum Gasteiger partial charge on any atom is -0.377 e. The molecule has 0 fully saturated rings. The molecule has 1 aromatic heterocycles. The summed E-state index contributed by atoms with van der Waals surface area (Å²) in [5.41, 5.74) is 1.50. The lowest BCUT2D eigenvalue weighted by atomic mass is 10.1. The standard InChI is InChI=1S/C13H10Br2N2S/c1-8(13-11(15)4-5-18-13)17-12-6-10(14)3-2-9(12)7-16/h2-6,8,17H,1H3. The van der Waals surface area contributed by atoms with Gasteiger partial charge in [-0.3, -0.25) is 0 Å². The van der Waals surface area contributed by atoms with E-state index in [0.29, 0.717) is 5.56 Å². The fourth-order valence-corrected chi connectivity index (χ4v) is 3.73. The fraction of sp³-hybridized carbons (Fsp3) is 0.154. The van der Waals surface area contributed by atoms with Gasteiger partial charge in [0, 0.05) is 13.8 Å². The molecule has 2 rings (SSSR count). The van der Waals surface area contributed by atoms with Crippen LogP contribution in [0.4, 0.5) is 5.69 Å². The SMILES string of the molecule is CC(Nc1cc(Br)ccc1C#N)c1sccc1Br. The van der Waals surface area contributed by atoms with Crippen LogP contribution in [0.2, 0.25) is 0 Å². The van der Waals surface area contributed by atoms with E-state index in [1.807, 2.05) is 29.6 Å². The Balaban J connectivity index is 2.27. The Hall–Kier alpha value is -0.830. The monoisotopic (exact) mass is 384 g/mol. The molecular formula is C13H10Br2N2S. The summed E-state index contributed by atoms with van der Waals surface area (Å²) >= 11 is 8.64. The molecule has 1 atom stereocenters. The zero-order chi connectivity index (χ0) is 13.1. The van der Waals surface area contributed by atoms with Crippen molar-refractivity contribution in [1.29, 1.82) is 5.26 Å². The molecule has 0 saturated carbocycles. The predicted molar refractivity (Wildman–Crippen MR) is 82.9 cm³/mol. The van der Waals surface area contributed by atoms with Gasteiger partial charge in [0.05, 0.1) is 17.3 Å². The van der Waals surface area contributed by atoms with Gasteiger partial charge in [-0.15, -0.1) is 11.3 Å². The van der Waals surface area contributed by atoms with E-state index in [4.69, 9.17) is 5.26 Å². The predicted octanol–water partition coefficient (Wildman–Crippen LogP) is 5.32. The van der Waals surface area contributed by atoms with E-state index in [1.54, 1.807) is 11.3 Å². The van der Waals surface area contributed by atoms with Crippen molar-refractivity contribution in [3.05, 3.63) is 49.0 Å². The van der Waals surface area contributed by atoms with Crippen molar-refractivity contribution >= 4 is 48.9 Å². The number of hydrogen-bond donors (Lipinski definition) is 1. The molecule has 0 amide bonds. The van der Waals surface area contributed by atoms with Crippen LogP contribution in [0.25, 0.3) is 0 Å². The van der Waals surface area contributed by atoms with Crippen LogP contribution < -0.4 is 5.32 Å². The van der Waals surface area contributed by atoms with Gasteiger partial charge in [0.25, 0.3) is 0 Å². The summed E-state index contributed by atoms with van der Waals surface area (Å²) in [5.74, 6) is 0. The minimum absolute atomic E-state index is 0.153. The van der Waals surface area contributed by atoms with Gasteiger partial charge >= 0.3 is 0 Å². The third kappa shape index (κ3) is 2.94. The van der Waals surface area contributed by atoms with Gasteiger partial charge in [-0.05, 0) is 52.5 Å². The van der Waals surface area contributed by atoms with Crippen molar-refractivity contribution in [2.45, 2.75) is 13.0 Å². The van der Waals surface area contributed by atoms with Crippen molar-refractivity contribution in [3.8, 4) is 6.07 Å². The second kappa shape index (κ2) is 5.87. The number of halogens is 2. The van der Waals surface area contributed by atoms with Crippen molar-refractivity contribution < 1.29 is 0 Å². The second-order valence-electron chi connectivity index (χ2n) is 3.80. The molecule has 1 N–H and O–H groups in total. The van der Waals surface area contributed by atoms with Crippen LogP contribution in [-0.4, -0.2) is 0 Å².